The monoisotopic (exact) mass is 268 g/mol. The molecule has 1 aromatic rings. The van der Waals surface area contributed by atoms with Crippen molar-refractivity contribution in [1.82, 2.24) is 15.3 Å². The number of anilines is 1. The molecular formula is C10H12N4O5. The van der Waals surface area contributed by atoms with Gasteiger partial charge in [0, 0.05) is 18.8 Å². The van der Waals surface area contributed by atoms with Gasteiger partial charge in [-0.05, 0) is 12.5 Å². The summed E-state index contributed by atoms with van der Waals surface area (Å²) in [4.78, 5) is 40.1. The highest BCUT2D eigenvalue weighted by Gasteiger charge is 2.21. The van der Waals surface area contributed by atoms with E-state index in [1.165, 1.54) is 12.4 Å². The first-order valence-corrected chi connectivity index (χ1v) is 5.28. The van der Waals surface area contributed by atoms with Crippen molar-refractivity contribution in [3.63, 3.8) is 0 Å². The van der Waals surface area contributed by atoms with Gasteiger partial charge >= 0.3 is 18.0 Å². The van der Waals surface area contributed by atoms with Crippen LogP contribution in [0.2, 0.25) is 0 Å². The minimum Gasteiger partial charge on any atom is -0.481 e. The smallest absolute Gasteiger partial charge is 0.326 e. The molecule has 0 saturated carbocycles. The highest BCUT2D eigenvalue weighted by Crippen LogP contribution is 2.00. The standard InChI is InChI=1S/C10H12N4O5/c15-7(16)3-2-6(8(17)18)13-10(19)14-9-11-4-1-5-12-9/h1,4-6H,2-3H2,(H,15,16)(H,17,18)(H2,11,12,13,14,19). The molecule has 0 bridgehead atoms. The molecule has 0 aliphatic carbocycles. The Labute approximate surface area is 107 Å². The van der Waals surface area contributed by atoms with Crippen molar-refractivity contribution in [2.24, 2.45) is 0 Å². The topological polar surface area (TPSA) is 142 Å². The van der Waals surface area contributed by atoms with Gasteiger partial charge in [-0.3, -0.25) is 10.1 Å². The van der Waals surface area contributed by atoms with Crippen LogP contribution in [0.4, 0.5) is 10.7 Å². The predicted octanol–water partition coefficient (Wildman–Crippen LogP) is -0.0839. The molecule has 9 heteroatoms. The molecule has 9 nitrogen and oxygen atoms in total. The summed E-state index contributed by atoms with van der Waals surface area (Å²) >= 11 is 0. The number of carboxylic acids is 2. The molecule has 1 aromatic heterocycles. The predicted molar refractivity (Wildman–Crippen MR) is 62.5 cm³/mol. The number of rotatable bonds is 6. The highest BCUT2D eigenvalue weighted by atomic mass is 16.4. The van der Waals surface area contributed by atoms with E-state index in [-0.39, 0.29) is 18.8 Å². The zero-order valence-electron chi connectivity index (χ0n) is 9.74. The van der Waals surface area contributed by atoms with E-state index in [2.05, 4.69) is 20.6 Å². The van der Waals surface area contributed by atoms with Crippen LogP contribution in [0.25, 0.3) is 0 Å². The van der Waals surface area contributed by atoms with Gasteiger partial charge in [-0.25, -0.2) is 19.6 Å². The third-order valence-electron chi connectivity index (χ3n) is 2.04. The number of carbonyl (C=O) groups is 3. The first-order chi connectivity index (χ1) is 8.99. The Bertz CT molecular complexity index is 464. The van der Waals surface area contributed by atoms with E-state index in [1.807, 2.05) is 0 Å². The van der Waals surface area contributed by atoms with Gasteiger partial charge in [-0.15, -0.1) is 0 Å². The fourth-order valence-corrected chi connectivity index (χ4v) is 1.18. The maximum Gasteiger partial charge on any atom is 0.326 e. The van der Waals surface area contributed by atoms with Gasteiger partial charge in [0.15, 0.2) is 0 Å². The molecule has 19 heavy (non-hydrogen) atoms. The maximum atomic E-state index is 11.5. The van der Waals surface area contributed by atoms with Gasteiger partial charge in [0.25, 0.3) is 0 Å². The molecule has 0 radical (unpaired) electrons. The SMILES string of the molecule is O=C(O)CCC(NC(=O)Nc1ncccn1)C(=O)O. The molecule has 1 unspecified atom stereocenters. The molecule has 2 amide bonds. The van der Waals surface area contributed by atoms with Crippen LogP contribution in [0.3, 0.4) is 0 Å². The number of nitrogens with one attached hydrogen (secondary N) is 2. The van der Waals surface area contributed by atoms with Gasteiger partial charge < -0.3 is 15.5 Å². The fraction of sp³-hybridized carbons (Fsp3) is 0.300. The summed E-state index contributed by atoms with van der Waals surface area (Å²) in [5.74, 6) is -2.44. The number of hydrogen-bond donors (Lipinski definition) is 4. The molecule has 0 aliphatic rings. The second-order valence-electron chi connectivity index (χ2n) is 3.49. The molecule has 0 aromatic carbocycles. The molecule has 0 aliphatic heterocycles. The number of urea groups is 1. The van der Waals surface area contributed by atoms with Crippen LogP contribution in [-0.2, 0) is 9.59 Å². The Morgan fingerprint density at radius 2 is 1.84 bits per heavy atom. The molecule has 1 rings (SSSR count). The lowest BCUT2D eigenvalue weighted by Crippen LogP contribution is -2.43. The summed E-state index contributed by atoms with van der Waals surface area (Å²) in [5, 5.41) is 21.7. The largest absolute Gasteiger partial charge is 0.481 e. The summed E-state index contributed by atoms with van der Waals surface area (Å²) in [6.07, 6.45) is 2.23. The van der Waals surface area contributed by atoms with E-state index in [0.717, 1.165) is 0 Å². The summed E-state index contributed by atoms with van der Waals surface area (Å²) in [6, 6.07) is -0.556. The molecule has 0 fully saturated rings. The summed E-state index contributed by atoms with van der Waals surface area (Å²) in [7, 11) is 0. The van der Waals surface area contributed by atoms with Crippen molar-refractivity contribution < 1.29 is 24.6 Å². The average Bonchev–Trinajstić information content (AvgIpc) is 2.35. The lowest BCUT2D eigenvalue weighted by atomic mass is 10.1. The van der Waals surface area contributed by atoms with Gasteiger partial charge in [0.1, 0.15) is 6.04 Å². The van der Waals surface area contributed by atoms with Crippen molar-refractivity contribution in [1.29, 1.82) is 0 Å². The van der Waals surface area contributed by atoms with E-state index in [1.54, 1.807) is 6.07 Å². The summed E-state index contributed by atoms with van der Waals surface area (Å²) < 4.78 is 0. The Balaban J connectivity index is 2.52. The molecular weight excluding hydrogens is 256 g/mol. The van der Waals surface area contributed by atoms with Crippen molar-refractivity contribution in [3.05, 3.63) is 18.5 Å². The Hall–Kier alpha value is -2.71. The van der Waals surface area contributed by atoms with Crippen LogP contribution in [0, 0.1) is 0 Å². The van der Waals surface area contributed by atoms with Crippen molar-refractivity contribution in [3.8, 4) is 0 Å². The van der Waals surface area contributed by atoms with Crippen molar-refractivity contribution in [2.45, 2.75) is 18.9 Å². The zero-order valence-corrected chi connectivity index (χ0v) is 9.74. The number of nitrogens with zero attached hydrogens (tertiary/aromatic N) is 2. The minimum absolute atomic E-state index is 0.0161. The van der Waals surface area contributed by atoms with E-state index in [9.17, 15) is 14.4 Å². The second kappa shape index (κ2) is 6.89. The molecule has 0 saturated heterocycles. The number of carbonyl (C=O) groups excluding carboxylic acids is 1. The van der Waals surface area contributed by atoms with Gasteiger partial charge in [-0.1, -0.05) is 0 Å². The van der Waals surface area contributed by atoms with Crippen molar-refractivity contribution >= 4 is 23.9 Å². The third kappa shape index (κ3) is 5.44. The van der Waals surface area contributed by atoms with E-state index in [4.69, 9.17) is 10.2 Å². The van der Waals surface area contributed by atoms with Crippen molar-refractivity contribution in [2.75, 3.05) is 5.32 Å². The van der Waals surface area contributed by atoms with Crippen LogP contribution in [-0.4, -0.2) is 44.2 Å². The lowest BCUT2D eigenvalue weighted by Gasteiger charge is -2.13. The molecule has 4 N–H and O–H groups in total. The first kappa shape index (κ1) is 14.4. The van der Waals surface area contributed by atoms with Gasteiger partial charge in [0.05, 0.1) is 0 Å². The Morgan fingerprint density at radius 3 is 2.37 bits per heavy atom. The summed E-state index contributed by atoms with van der Waals surface area (Å²) in [5.41, 5.74) is 0. The normalized spacial score (nSPS) is 11.4. The minimum atomic E-state index is -1.31. The summed E-state index contributed by atoms with van der Waals surface area (Å²) in [6.45, 7) is 0. The number of amides is 2. The third-order valence-corrected chi connectivity index (χ3v) is 2.04. The lowest BCUT2D eigenvalue weighted by molar-refractivity contribution is -0.140. The fourth-order valence-electron chi connectivity index (χ4n) is 1.18. The number of carboxylic acid groups (broad SMARTS) is 2. The Kier molecular flexibility index (Phi) is 5.20. The van der Waals surface area contributed by atoms with E-state index < -0.39 is 24.0 Å². The van der Waals surface area contributed by atoms with Crippen LogP contribution in [0.1, 0.15) is 12.8 Å². The molecule has 1 atom stereocenters. The van der Waals surface area contributed by atoms with Crippen LogP contribution < -0.4 is 10.6 Å². The average molecular weight is 268 g/mol. The quantitative estimate of drug-likeness (QED) is 0.565. The second-order valence-corrected chi connectivity index (χ2v) is 3.49. The van der Waals surface area contributed by atoms with Crippen LogP contribution in [0.5, 0.6) is 0 Å². The highest BCUT2D eigenvalue weighted by molar-refractivity contribution is 5.90. The molecule has 1 heterocycles. The number of aromatic nitrogens is 2. The first-order valence-electron chi connectivity index (χ1n) is 5.28. The maximum absolute atomic E-state index is 11.5. The molecule has 0 spiro atoms. The van der Waals surface area contributed by atoms with E-state index >= 15 is 0 Å². The Morgan fingerprint density at radius 1 is 1.21 bits per heavy atom. The number of aliphatic carboxylic acids is 2. The van der Waals surface area contributed by atoms with Gasteiger partial charge in [0.2, 0.25) is 5.95 Å². The number of hydrogen-bond acceptors (Lipinski definition) is 5. The van der Waals surface area contributed by atoms with Crippen LogP contribution >= 0.6 is 0 Å². The zero-order chi connectivity index (χ0) is 14.3. The van der Waals surface area contributed by atoms with E-state index in [0.29, 0.717) is 0 Å². The molecule has 102 valence electrons. The van der Waals surface area contributed by atoms with Crippen LogP contribution in [0.15, 0.2) is 18.5 Å². The van der Waals surface area contributed by atoms with Gasteiger partial charge in [-0.2, -0.15) is 0 Å².